The van der Waals surface area contributed by atoms with E-state index in [9.17, 15) is 14.0 Å². The van der Waals surface area contributed by atoms with Crippen LogP contribution in [0.5, 0.6) is 0 Å². The molecule has 1 aliphatic heterocycles. The van der Waals surface area contributed by atoms with Crippen LogP contribution in [0.1, 0.15) is 18.1 Å². The van der Waals surface area contributed by atoms with Crippen LogP contribution >= 0.6 is 0 Å². The van der Waals surface area contributed by atoms with Gasteiger partial charge in [-0.3, -0.25) is 4.79 Å². The number of hydrogen-bond acceptors (Lipinski definition) is 2. The van der Waals surface area contributed by atoms with Gasteiger partial charge in [-0.05, 0) is 42.7 Å². The van der Waals surface area contributed by atoms with Crippen molar-refractivity contribution >= 4 is 17.6 Å². The maximum Gasteiger partial charge on any atom is 0.315 e. The summed E-state index contributed by atoms with van der Waals surface area (Å²) in [6.07, 6.45) is 0.825. The number of nitrogens with zero attached hydrogens (tertiary/aromatic N) is 1. The SMILES string of the molecule is CC(NC(=O)NCc1ccc(F)cc1)C(=O)N1CCc2ccccc21. The molecule has 6 heteroatoms. The second-order valence-electron chi connectivity index (χ2n) is 6.04. The first kappa shape index (κ1) is 17.0. The average Bonchev–Trinajstić information content (AvgIpc) is 3.04. The predicted molar refractivity (Wildman–Crippen MR) is 93.7 cm³/mol. The molecule has 0 bridgehead atoms. The Hall–Kier alpha value is -2.89. The van der Waals surface area contributed by atoms with Crippen LogP contribution in [0.4, 0.5) is 14.9 Å². The monoisotopic (exact) mass is 341 g/mol. The van der Waals surface area contributed by atoms with Gasteiger partial charge in [0, 0.05) is 18.8 Å². The Balaban J connectivity index is 1.53. The number of hydrogen-bond donors (Lipinski definition) is 2. The number of fused-ring (bicyclic) bond motifs is 1. The number of benzene rings is 2. The minimum Gasteiger partial charge on any atom is -0.334 e. The molecule has 2 N–H and O–H groups in total. The molecule has 1 unspecified atom stereocenters. The number of rotatable bonds is 4. The highest BCUT2D eigenvalue weighted by Gasteiger charge is 2.28. The second-order valence-corrected chi connectivity index (χ2v) is 6.04. The van der Waals surface area contributed by atoms with Crippen molar-refractivity contribution in [1.29, 1.82) is 0 Å². The quantitative estimate of drug-likeness (QED) is 0.898. The second kappa shape index (κ2) is 7.34. The van der Waals surface area contributed by atoms with Crippen LogP contribution in [-0.2, 0) is 17.8 Å². The highest BCUT2D eigenvalue weighted by molar-refractivity contribution is 6.00. The van der Waals surface area contributed by atoms with E-state index in [1.807, 2.05) is 24.3 Å². The normalized spacial score (nSPS) is 13.9. The highest BCUT2D eigenvalue weighted by Crippen LogP contribution is 2.27. The lowest BCUT2D eigenvalue weighted by Gasteiger charge is -2.22. The van der Waals surface area contributed by atoms with Crippen LogP contribution in [-0.4, -0.2) is 24.5 Å². The summed E-state index contributed by atoms with van der Waals surface area (Å²) in [4.78, 5) is 26.3. The number of urea groups is 1. The van der Waals surface area contributed by atoms with Crippen molar-refractivity contribution in [3.63, 3.8) is 0 Å². The van der Waals surface area contributed by atoms with E-state index >= 15 is 0 Å². The Morgan fingerprint density at radius 1 is 1.16 bits per heavy atom. The predicted octanol–water partition coefficient (Wildman–Crippen LogP) is 2.60. The molecule has 1 atom stereocenters. The Labute approximate surface area is 145 Å². The molecule has 2 aromatic rings. The van der Waals surface area contributed by atoms with Crippen molar-refractivity contribution in [3.8, 4) is 0 Å². The largest absolute Gasteiger partial charge is 0.334 e. The average molecular weight is 341 g/mol. The molecule has 3 rings (SSSR count). The van der Waals surface area contributed by atoms with Gasteiger partial charge in [-0.2, -0.15) is 0 Å². The number of carbonyl (C=O) groups excluding carboxylic acids is 2. The van der Waals surface area contributed by atoms with Crippen molar-refractivity contribution in [2.75, 3.05) is 11.4 Å². The molecule has 0 radical (unpaired) electrons. The summed E-state index contributed by atoms with van der Waals surface area (Å²) in [6.45, 7) is 2.56. The van der Waals surface area contributed by atoms with Crippen molar-refractivity contribution < 1.29 is 14.0 Å². The fourth-order valence-electron chi connectivity index (χ4n) is 2.89. The third kappa shape index (κ3) is 3.96. The lowest BCUT2D eigenvalue weighted by molar-refractivity contribution is -0.119. The van der Waals surface area contributed by atoms with Gasteiger partial charge in [0.2, 0.25) is 5.91 Å². The van der Waals surface area contributed by atoms with Gasteiger partial charge in [-0.25, -0.2) is 9.18 Å². The Bertz CT molecular complexity index is 776. The van der Waals surface area contributed by atoms with Crippen molar-refractivity contribution in [1.82, 2.24) is 10.6 Å². The first-order chi connectivity index (χ1) is 12.0. The smallest absolute Gasteiger partial charge is 0.315 e. The summed E-state index contributed by atoms with van der Waals surface area (Å²) in [6, 6.07) is 12.6. The molecule has 0 aliphatic carbocycles. The molecule has 130 valence electrons. The van der Waals surface area contributed by atoms with Gasteiger partial charge in [0.25, 0.3) is 0 Å². The standard InChI is InChI=1S/C19H20FN3O2/c1-13(18(24)23-11-10-15-4-2-3-5-17(15)23)22-19(25)21-12-14-6-8-16(20)9-7-14/h2-9,13H,10-12H2,1H3,(H2,21,22,25). The summed E-state index contributed by atoms with van der Waals surface area (Å²) in [7, 11) is 0. The topological polar surface area (TPSA) is 61.4 Å². The van der Waals surface area contributed by atoms with Crippen LogP contribution in [0.15, 0.2) is 48.5 Å². The molecule has 0 spiro atoms. The number of nitrogens with one attached hydrogen (secondary N) is 2. The molecular weight excluding hydrogens is 321 g/mol. The molecule has 0 saturated heterocycles. The molecule has 25 heavy (non-hydrogen) atoms. The zero-order chi connectivity index (χ0) is 17.8. The minimum atomic E-state index is -0.639. The molecule has 2 aromatic carbocycles. The molecule has 3 amide bonds. The van der Waals surface area contributed by atoms with Crippen LogP contribution in [0, 0.1) is 5.82 Å². The maximum absolute atomic E-state index is 12.9. The van der Waals surface area contributed by atoms with E-state index in [4.69, 9.17) is 0 Å². The number of halogens is 1. The lowest BCUT2D eigenvalue weighted by atomic mass is 10.2. The van der Waals surface area contributed by atoms with Gasteiger partial charge in [0.15, 0.2) is 0 Å². The summed E-state index contributed by atoms with van der Waals surface area (Å²) in [5.74, 6) is -0.458. The van der Waals surface area contributed by atoms with E-state index in [0.29, 0.717) is 6.54 Å². The summed E-state index contributed by atoms with van der Waals surface area (Å²) in [5, 5.41) is 5.32. The molecule has 1 aliphatic rings. The molecule has 0 fully saturated rings. The molecule has 0 aromatic heterocycles. The van der Waals surface area contributed by atoms with E-state index in [-0.39, 0.29) is 18.3 Å². The van der Waals surface area contributed by atoms with Crippen molar-refractivity contribution in [2.24, 2.45) is 0 Å². The van der Waals surface area contributed by atoms with Crippen LogP contribution in [0.2, 0.25) is 0 Å². The fourth-order valence-corrected chi connectivity index (χ4v) is 2.89. The zero-order valence-electron chi connectivity index (χ0n) is 14.0. The zero-order valence-corrected chi connectivity index (χ0v) is 14.0. The Kier molecular flexibility index (Phi) is 4.97. The third-order valence-corrected chi connectivity index (χ3v) is 4.24. The maximum atomic E-state index is 12.9. The van der Waals surface area contributed by atoms with Gasteiger partial charge < -0.3 is 15.5 Å². The van der Waals surface area contributed by atoms with Gasteiger partial charge in [0.05, 0.1) is 0 Å². The van der Waals surface area contributed by atoms with Gasteiger partial charge in [-0.15, -0.1) is 0 Å². The third-order valence-electron chi connectivity index (χ3n) is 4.24. The number of amides is 3. The Morgan fingerprint density at radius 3 is 2.64 bits per heavy atom. The molecule has 1 heterocycles. The summed E-state index contributed by atoms with van der Waals surface area (Å²) >= 11 is 0. The van der Waals surface area contributed by atoms with E-state index in [1.165, 1.54) is 12.1 Å². The highest BCUT2D eigenvalue weighted by atomic mass is 19.1. The molecular formula is C19H20FN3O2. The summed E-state index contributed by atoms with van der Waals surface area (Å²) in [5.41, 5.74) is 2.83. The first-order valence-electron chi connectivity index (χ1n) is 8.22. The van der Waals surface area contributed by atoms with Crippen LogP contribution in [0.3, 0.4) is 0 Å². The van der Waals surface area contributed by atoms with Gasteiger partial charge >= 0.3 is 6.03 Å². The van der Waals surface area contributed by atoms with Crippen LogP contribution < -0.4 is 15.5 Å². The number of para-hydroxylation sites is 1. The summed E-state index contributed by atoms with van der Waals surface area (Å²) < 4.78 is 12.9. The van der Waals surface area contributed by atoms with Crippen LogP contribution in [0.25, 0.3) is 0 Å². The van der Waals surface area contributed by atoms with E-state index < -0.39 is 12.1 Å². The van der Waals surface area contributed by atoms with E-state index in [2.05, 4.69) is 10.6 Å². The van der Waals surface area contributed by atoms with Crippen molar-refractivity contribution in [2.45, 2.75) is 25.9 Å². The van der Waals surface area contributed by atoms with E-state index in [0.717, 1.165) is 23.2 Å². The molecule has 5 nitrogen and oxygen atoms in total. The van der Waals surface area contributed by atoms with Crippen molar-refractivity contribution in [3.05, 3.63) is 65.5 Å². The number of anilines is 1. The lowest BCUT2D eigenvalue weighted by Crippen LogP contribution is -2.49. The van der Waals surface area contributed by atoms with Gasteiger partial charge in [0.1, 0.15) is 11.9 Å². The Morgan fingerprint density at radius 2 is 1.88 bits per heavy atom. The number of carbonyl (C=O) groups is 2. The van der Waals surface area contributed by atoms with Gasteiger partial charge in [-0.1, -0.05) is 30.3 Å². The first-order valence-corrected chi connectivity index (χ1v) is 8.22. The fraction of sp³-hybridized carbons (Fsp3) is 0.263. The minimum absolute atomic E-state index is 0.137. The molecule has 0 saturated carbocycles. The van der Waals surface area contributed by atoms with E-state index in [1.54, 1.807) is 24.0 Å².